The van der Waals surface area contributed by atoms with Gasteiger partial charge >= 0.3 is 0 Å². The lowest BCUT2D eigenvalue weighted by molar-refractivity contribution is 0.0936. The zero-order chi connectivity index (χ0) is 18.4. The number of para-hydroxylation sites is 1. The molecule has 2 heterocycles. The van der Waals surface area contributed by atoms with Crippen molar-refractivity contribution in [2.45, 2.75) is 6.54 Å². The highest BCUT2D eigenvalue weighted by atomic mass is 16.5. The van der Waals surface area contributed by atoms with Crippen molar-refractivity contribution >= 4 is 17.4 Å². The van der Waals surface area contributed by atoms with Crippen molar-refractivity contribution in [3.8, 4) is 5.75 Å². The number of pyridine rings is 1. The average molecular weight is 354 g/mol. The lowest BCUT2D eigenvalue weighted by Crippen LogP contribution is -2.34. The van der Waals surface area contributed by atoms with Gasteiger partial charge in [0.2, 0.25) is 17.3 Å². The summed E-state index contributed by atoms with van der Waals surface area (Å²) in [5, 5.41) is 0. The Bertz CT molecular complexity index is 1120. The van der Waals surface area contributed by atoms with Crippen LogP contribution < -0.4 is 9.64 Å². The molecular formula is C22H14N2O3. The Balaban J connectivity index is 1.77. The van der Waals surface area contributed by atoms with Gasteiger partial charge in [-0.2, -0.15) is 0 Å². The van der Waals surface area contributed by atoms with E-state index in [0.29, 0.717) is 29.2 Å². The molecule has 0 N–H and O–H groups in total. The van der Waals surface area contributed by atoms with Crippen LogP contribution in [0.4, 0.5) is 5.82 Å². The van der Waals surface area contributed by atoms with Gasteiger partial charge in [-0.25, -0.2) is 4.98 Å². The highest BCUT2D eigenvalue weighted by Gasteiger charge is 2.39. The maximum atomic E-state index is 13.3. The van der Waals surface area contributed by atoms with Gasteiger partial charge in [-0.3, -0.25) is 9.59 Å². The molecule has 1 aromatic heterocycles. The van der Waals surface area contributed by atoms with Gasteiger partial charge in [-0.05, 0) is 18.2 Å². The van der Waals surface area contributed by atoms with E-state index < -0.39 is 0 Å². The van der Waals surface area contributed by atoms with E-state index in [2.05, 4.69) is 4.98 Å². The van der Waals surface area contributed by atoms with Crippen LogP contribution in [0, 0.1) is 0 Å². The Hall–Kier alpha value is -3.73. The number of carbonyl (C=O) groups is 2. The summed E-state index contributed by atoms with van der Waals surface area (Å²) in [6.45, 7) is 0.382. The second-order valence-corrected chi connectivity index (χ2v) is 6.37. The third-order valence-electron chi connectivity index (χ3n) is 4.76. The standard InChI is InChI=1S/C22H14N2O3/c25-20-15-8-2-3-9-16(15)21(26)22-19(20)24(18-11-5-6-12-23-18)13-14-7-1-4-10-17(14)27-22/h1-12H,13H2. The largest absolute Gasteiger partial charge is 0.450 e. The first-order valence-corrected chi connectivity index (χ1v) is 8.61. The second-order valence-electron chi connectivity index (χ2n) is 6.37. The molecule has 5 nitrogen and oxygen atoms in total. The molecule has 0 radical (unpaired) electrons. The van der Waals surface area contributed by atoms with Crippen LogP contribution in [-0.4, -0.2) is 16.6 Å². The minimum absolute atomic E-state index is 0.0503. The molecule has 1 aliphatic heterocycles. The fourth-order valence-electron chi connectivity index (χ4n) is 3.48. The molecule has 27 heavy (non-hydrogen) atoms. The van der Waals surface area contributed by atoms with Crippen LogP contribution in [0.25, 0.3) is 0 Å². The third kappa shape index (κ3) is 2.36. The number of anilines is 1. The number of ketones is 2. The topological polar surface area (TPSA) is 59.5 Å². The van der Waals surface area contributed by atoms with Gasteiger partial charge in [-0.15, -0.1) is 0 Å². The van der Waals surface area contributed by atoms with Crippen LogP contribution in [0.15, 0.2) is 84.4 Å². The first-order valence-electron chi connectivity index (χ1n) is 8.61. The van der Waals surface area contributed by atoms with E-state index in [-0.39, 0.29) is 23.0 Å². The van der Waals surface area contributed by atoms with E-state index in [0.717, 1.165) is 5.56 Å². The maximum absolute atomic E-state index is 13.3. The van der Waals surface area contributed by atoms with Crippen LogP contribution in [0.3, 0.4) is 0 Å². The molecule has 0 saturated carbocycles. The van der Waals surface area contributed by atoms with Crippen LogP contribution >= 0.6 is 0 Å². The highest BCUT2D eigenvalue weighted by molar-refractivity contribution is 6.27. The number of hydrogen-bond acceptors (Lipinski definition) is 5. The van der Waals surface area contributed by atoms with Gasteiger partial charge in [0.15, 0.2) is 0 Å². The number of nitrogens with zero attached hydrogens (tertiary/aromatic N) is 2. The van der Waals surface area contributed by atoms with Crippen molar-refractivity contribution in [3.05, 3.63) is 101 Å². The number of ether oxygens (including phenoxy) is 1. The summed E-state index contributed by atoms with van der Waals surface area (Å²) < 4.78 is 5.99. The van der Waals surface area contributed by atoms with Crippen molar-refractivity contribution in [2.24, 2.45) is 0 Å². The third-order valence-corrected chi connectivity index (χ3v) is 4.76. The Kier molecular flexibility index (Phi) is 3.40. The summed E-state index contributed by atoms with van der Waals surface area (Å²) in [6, 6.07) is 19.8. The van der Waals surface area contributed by atoms with Crippen LogP contribution in [0.5, 0.6) is 5.75 Å². The highest BCUT2D eigenvalue weighted by Crippen LogP contribution is 2.37. The molecule has 2 aliphatic rings. The first-order chi connectivity index (χ1) is 13.2. The van der Waals surface area contributed by atoms with Crippen molar-refractivity contribution in [1.82, 2.24) is 4.98 Å². The van der Waals surface area contributed by atoms with Crippen molar-refractivity contribution in [3.63, 3.8) is 0 Å². The molecule has 130 valence electrons. The molecular weight excluding hydrogens is 340 g/mol. The van der Waals surface area contributed by atoms with Gasteiger partial charge in [0, 0.05) is 22.9 Å². The quantitative estimate of drug-likeness (QED) is 0.666. The van der Waals surface area contributed by atoms with E-state index in [1.54, 1.807) is 41.4 Å². The molecule has 5 rings (SSSR count). The number of benzene rings is 2. The van der Waals surface area contributed by atoms with Crippen LogP contribution in [0.2, 0.25) is 0 Å². The molecule has 0 bridgehead atoms. The summed E-state index contributed by atoms with van der Waals surface area (Å²) in [6.07, 6.45) is 1.66. The van der Waals surface area contributed by atoms with Crippen molar-refractivity contribution in [1.29, 1.82) is 0 Å². The SMILES string of the molecule is O=C1C2=C(C(=O)c3ccccc31)N(c1ccccn1)Cc1ccccc1O2. The van der Waals surface area contributed by atoms with E-state index >= 15 is 0 Å². The predicted molar refractivity (Wildman–Crippen MR) is 99.6 cm³/mol. The van der Waals surface area contributed by atoms with E-state index in [4.69, 9.17) is 4.74 Å². The Morgan fingerprint density at radius 3 is 2.30 bits per heavy atom. The van der Waals surface area contributed by atoms with Crippen LogP contribution in [-0.2, 0) is 6.54 Å². The molecule has 3 aromatic rings. The maximum Gasteiger partial charge on any atom is 0.231 e. The monoisotopic (exact) mass is 354 g/mol. The Morgan fingerprint density at radius 1 is 0.815 bits per heavy atom. The number of allylic oxidation sites excluding steroid dienone is 2. The summed E-state index contributed by atoms with van der Waals surface area (Å²) >= 11 is 0. The summed E-state index contributed by atoms with van der Waals surface area (Å²) in [5.74, 6) is 0.681. The van der Waals surface area contributed by atoms with Gasteiger partial charge < -0.3 is 9.64 Å². The van der Waals surface area contributed by atoms with Gasteiger partial charge in [0.05, 0.1) is 6.54 Å². The summed E-state index contributed by atoms with van der Waals surface area (Å²) in [5.41, 5.74) is 1.86. The predicted octanol–water partition coefficient (Wildman–Crippen LogP) is 3.77. The van der Waals surface area contributed by atoms with Crippen molar-refractivity contribution < 1.29 is 14.3 Å². The number of Topliss-reactive ketones (excluding diaryl/α,β-unsaturated/α-hetero) is 2. The van der Waals surface area contributed by atoms with Gasteiger partial charge in [0.25, 0.3) is 0 Å². The fourth-order valence-corrected chi connectivity index (χ4v) is 3.48. The molecule has 0 atom stereocenters. The average Bonchev–Trinajstić information content (AvgIpc) is 2.90. The van der Waals surface area contributed by atoms with E-state index in [1.165, 1.54) is 0 Å². The molecule has 0 amide bonds. The number of fused-ring (bicyclic) bond motifs is 2. The number of rotatable bonds is 1. The van der Waals surface area contributed by atoms with Gasteiger partial charge in [0.1, 0.15) is 17.3 Å². The first kappa shape index (κ1) is 15.5. The molecule has 2 aromatic carbocycles. The zero-order valence-electron chi connectivity index (χ0n) is 14.3. The summed E-state index contributed by atoms with van der Waals surface area (Å²) in [7, 11) is 0. The Morgan fingerprint density at radius 2 is 1.52 bits per heavy atom. The molecule has 0 spiro atoms. The number of carbonyl (C=O) groups excluding carboxylic acids is 2. The minimum atomic E-state index is -0.294. The smallest absolute Gasteiger partial charge is 0.231 e. The number of aromatic nitrogens is 1. The number of hydrogen-bond donors (Lipinski definition) is 0. The van der Waals surface area contributed by atoms with Crippen LogP contribution in [0.1, 0.15) is 26.3 Å². The van der Waals surface area contributed by atoms with Crippen molar-refractivity contribution in [2.75, 3.05) is 4.90 Å². The molecule has 0 unspecified atom stereocenters. The molecule has 0 saturated heterocycles. The lowest BCUT2D eigenvalue weighted by atomic mass is 9.90. The molecule has 1 aliphatic carbocycles. The second kappa shape index (κ2) is 5.92. The normalized spacial score (nSPS) is 15.5. The zero-order valence-corrected chi connectivity index (χ0v) is 14.3. The van der Waals surface area contributed by atoms with E-state index in [9.17, 15) is 9.59 Å². The Labute approximate surface area is 155 Å². The lowest BCUT2D eigenvalue weighted by Gasteiger charge is -2.27. The summed E-state index contributed by atoms with van der Waals surface area (Å²) in [4.78, 5) is 32.6. The fraction of sp³-hybridized carbons (Fsp3) is 0.0455. The van der Waals surface area contributed by atoms with E-state index in [1.807, 2.05) is 36.4 Å². The molecule has 5 heteroatoms. The molecule has 0 fully saturated rings. The van der Waals surface area contributed by atoms with Gasteiger partial charge in [-0.1, -0.05) is 48.5 Å². The minimum Gasteiger partial charge on any atom is -0.450 e.